The highest BCUT2D eigenvalue weighted by Gasteiger charge is 2.19. The van der Waals surface area contributed by atoms with Gasteiger partial charge >= 0.3 is 7.12 Å². The molecular formula is C36H42BIN8O8. The van der Waals surface area contributed by atoms with Crippen LogP contribution in [0.15, 0.2) is 82.3 Å². The number of hydrogen-bond acceptors (Lipinski definition) is 16. The number of nitrogens with two attached hydrogens (primary N) is 4. The standard InChI is InChI=1S/C18H20N4O3.C14H17IN4O2.C4H5BO3/c1-10(2)11-7-14(23-3)12(13-5-4-6-24-13)8-15(11)25-16-9-21-18(20)22-17(16)19;1-7(2)8-4-11(20-3)9(15)5-10(8)21-12-6-18-14(17)19-13(12)16;6-5(7)4-2-1-3-8-4/h4-10H,1-3H3,(H4,19,20,21,22);4-7H,1-3H3,(H4,16,17,18,19);1-3,6-7H. The van der Waals surface area contributed by atoms with Gasteiger partial charge in [0.05, 0.1) is 48.3 Å². The van der Waals surface area contributed by atoms with Gasteiger partial charge in [-0.3, -0.25) is 0 Å². The molecule has 0 aliphatic heterocycles. The largest absolute Gasteiger partial charge is 0.526 e. The molecule has 18 heteroatoms. The van der Waals surface area contributed by atoms with E-state index in [9.17, 15) is 0 Å². The lowest BCUT2D eigenvalue weighted by Gasteiger charge is -2.18. The summed E-state index contributed by atoms with van der Waals surface area (Å²) in [6.45, 7) is 8.29. The van der Waals surface area contributed by atoms with E-state index in [0.29, 0.717) is 34.5 Å². The zero-order valence-electron chi connectivity index (χ0n) is 30.5. The molecule has 0 unspecified atom stereocenters. The minimum Gasteiger partial charge on any atom is -0.496 e. The zero-order valence-corrected chi connectivity index (χ0v) is 32.6. The van der Waals surface area contributed by atoms with Gasteiger partial charge in [0.15, 0.2) is 23.1 Å². The van der Waals surface area contributed by atoms with Crippen molar-refractivity contribution in [3.8, 4) is 45.8 Å². The van der Waals surface area contributed by atoms with Crippen LogP contribution in [0.1, 0.15) is 50.7 Å². The van der Waals surface area contributed by atoms with Crippen molar-refractivity contribution in [2.24, 2.45) is 0 Å². The molecule has 6 rings (SSSR count). The third-order valence-electron chi connectivity index (χ3n) is 7.49. The summed E-state index contributed by atoms with van der Waals surface area (Å²) in [5.41, 5.74) is 25.6. The molecule has 0 aliphatic carbocycles. The minimum absolute atomic E-state index is 0.0972. The maximum absolute atomic E-state index is 8.37. The molecule has 284 valence electrons. The van der Waals surface area contributed by atoms with Crippen LogP contribution >= 0.6 is 22.6 Å². The Kier molecular flexibility index (Phi) is 14.3. The first-order valence-electron chi connectivity index (χ1n) is 16.4. The molecule has 6 aromatic rings. The van der Waals surface area contributed by atoms with E-state index in [1.165, 1.54) is 24.7 Å². The highest BCUT2D eigenvalue weighted by atomic mass is 127. The van der Waals surface area contributed by atoms with Crippen molar-refractivity contribution in [3.05, 3.63) is 88.1 Å². The second kappa shape index (κ2) is 18.9. The van der Waals surface area contributed by atoms with Crippen LogP contribution in [-0.4, -0.2) is 51.3 Å². The Morgan fingerprint density at radius 3 is 1.57 bits per heavy atom. The van der Waals surface area contributed by atoms with Crippen LogP contribution in [0.25, 0.3) is 11.3 Å². The summed E-state index contributed by atoms with van der Waals surface area (Å²) in [6.07, 6.45) is 5.92. The van der Waals surface area contributed by atoms with Gasteiger partial charge < -0.3 is 60.8 Å². The van der Waals surface area contributed by atoms with E-state index in [1.54, 1.807) is 26.5 Å². The third kappa shape index (κ3) is 10.7. The summed E-state index contributed by atoms with van der Waals surface area (Å²) in [4.78, 5) is 15.7. The Morgan fingerprint density at radius 2 is 1.17 bits per heavy atom. The number of aromatic nitrogens is 4. The van der Waals surface area contributed by atoms with Crippen molar-refractivity contribution in [3.63, 3.8) is 0 Å². The summed E-state index contributed by atoms with van der Waals surface area (Å²) in [7, 11) is 1.79. The van der Waals surface area contributed by atoms with E-state index in [1.807, 2.05) is 36.4 Å². The lowest BCUT2D eigenvalue weighted by Crippen LogP contribution is -2.27. The van der Waals surface area contributed by atoms with E-state index in [0.717, 1.165) is 26.0 Å². The van der Waals surface area contributed by atoms with Crippen LogP contribution in [0.2, 0.25) is 0 Å². The maximum atomic E-state index is 8.37. The molecule has 16 nitrogen and oxygen atoms in total. The molecule has 0 aliphatic rings. The topological polar surface area (TPSA) is 259 Å². The molecule has 0 fully saturated rings. The molecule has 2 aromatic carbocycles. The van der Waals surface area contributed by atoms with E-state index in [2.05, 4.69) is 74.6 Å². The number of nitrogens with zero attached hydrogens (tertiary/aromatic N) is 4. The lowest BCUT2D eigenvalue weighted by atomic mass is 9.88. The van der Waals surface area contributed by atoms with Gasteiger partial charge in [-0.15, -0.1) is 0 Å². The number of ether oxygens (including phenoxy) is 4. The van der Waals surface area contributed by atoms with Crippen LogP contribution < -0.4 is 47.5 Å². The molecule has 0 saturated carbocycles. The normalized spacial score (nSPS) is 10.6. The maximum Gasteiger partial charge on any atom is 0.526 e. The quantitative estimate of drug-likeness (QED) is 0.0687. The molecule has 0 saturated heterocycles. The van der Waals surface area contributed by atoms with Crippen molar-refractivity contribution in [1.29, 1.82) is 0 Å². The zero-order chi connectivity index (χ0) is 39.5. The Morgan fingerprint density at radius 1 is 0.667 bits per heavy atom. The first kappa shape index (κ1) is 41.0. The van der Waals surface area contributed by atoms with Gasteiger partial charge in [-0.25, -0.2) is 9.97 Å². The number of nitrogen functional groups attached to an aromatic ring is 4. The molecular weight excluding hydrogens is 810 g/mol. The molecule has 0 radical (unpaired) electrons. The second-order valence-electron chi connectivity index (χ2n) is 12.0. The van der Waals surface area contributed by atoms with E-state index in [-0.39, 0.29) is 41.0 Å². The van der Waals surface area contributed by atoms with Crippen LogP contribution in [0, 0.1) is 3.57 Å². The molecule has 10 N–H and O–H groups in total. The lowest BCUT2D eigenvalue weighted by molar-refractivity contribution is 0.407. The van der Waals surface area contributed by atoms with E-state index >= 15 is 0 Å². The highest BCUT2D eigenvalue weighted by Crippen LogP contribution is 2.42. The van der Waals surface area contributed by atoms with Crippen LogP contribution in [0.5, 0.6) is 34.5 Å². The number of benzene rings is 2. The smallest absolute Gasteiger partial charge is 0.496 e. The van der Waals surface area contributed by atoms with Gasteiger partial charge in [-0.1, -0.05) is 27.7 Å². The molecule has 4 aromatic heterocycles. The van der Waals surface area contributed by atoms with E-state index in [4.69, 9.17) is 56.3 Å². The predicted octanol–water partition coefficient (Wildman–Crippen LogP) is 5.95. The Hall–Kier alpha value is -5.73. The van der Waals surface area contributed by atoms with Crippen LogP contribution in [0.3, 0.4) is 0 Å². The van der Waals surface area contributed by atoms with Gasteiger partial charge in [-0.2, -0.15) is 9.97 Å². The van der Waals surface area contributed by atoms with Gasteiger partial charge in [0.2, 0.25) is 11.9 Å². The van der Waals surface area contributed by atoms with Crippen molar-refractivity contribution < 1.29 is 37.8 Å². The van der Waals surface area contributed by atoms with Crippen LogP contribution in [0.4, 0.5) is 23.5 Å². The van der Waals surface area contributed by atoms with Crippen LogP contribution in [-0.2, 0) is 0 Å². The molecule has 0 amide bonds. The van der Waals surface area contributed by atoms with Crippen molar-refractivity contribution in [1.82, 2.24) is 19.9 Å². The number of rotatable bonds is 10. The summed E-state index contributed by atoms with van der Waals surface area (Å²) in [6, 6.07) is 14.4. The molecule has 0 atom stereocenters. The van der Waals surface area contributed by atoms with E-state index < -0.39 is 7.12 Å². The first-order chi connectivity index (χ1) is 25.7. The average molecular weight is 852 g/mol. The van der Waals surface area contributed by atoms with Gasteiger partial charge in [0.1, 0.15) is 34.4 Å². The van der Waals surface area contributed by atoms with Crippen molar-refractivity contribution in [2.45, 2.75) is 39.5 Å². The fraction of sp³-hybridized carbons (Fsp3) is 0.222. The minimum atomic E-state index is -1.48. The number of furan rings is 2. The molecule has 4 heterocycles. The van der Waals surface area contributed by atoms with Crippen molar-refractivity contribution >= 4 is 58.9 Å². The Balaban J connectivity index is 0.000000202. The number of methoxy groups -OCH3 is 2. The Bertz CT molecular complexity index is 2120. The molecule has 0 bridgehead atoms. The fourth-order valence-electron chi connectivity index (χ4n) is 4.78. The van der Waals surface area contributed by atoms with Gasteiger partial charge in [0.25, 0.3) is 0 Å². The summed E-state index contributed by atoms with van der Waals surface area (Å²) in [5, 5.41) is 16.7. The summed E-state index contributed by atoms with van der Waals surface area (Å²) in [5.74, 6) is 5.32. The fourth-order valence-corrected chi connectivity index (χ4v) is 5.44. The average Bonchev–Trinajstić information content (AvgIpc) is 3.87. The third-order valence-corrected chi connectivity index (χ3v) is 8.33. The SMILES string of the molecule is COc1cc(C(C)C)c(Oc2cnc(N)nc2N)cc1-c1ccco1.COc1cc(C(C)C)c(Oc2cnc(N)nc2N)cc1I.OB(O)c1ccco1. The first-order valence-corrected chi connectivity index (χ1v) is 17.4. The van der Waals surface area contributed by atoms with Gasteiger partial charge in [0, 0.05) is 11.1 Å². The molecule has 0 spiro atoms. The summed E-state index contributed by atoms with van der Waals surface area (Å²) < 4.78 is 33.8. The number of halogens is 1. The van der Waals surface area contributed by atoms with Gasteiger partial charge in [-0.05, 0) is 83.0 Å². The molecule has 54 heavy (non-hydrogen) atoms. The monoisotopic (exact) mass is 852 g/mol. The number of hydrogen-bond donors (Lipinski definition) is 6. The number of anilines is 4. The summed E-state index contributed by atoms with van der Waals surface area (Å²) >= 11 is 2.20. The highest BCUT2D eigenvalue weighted by molar-refractivity contribution is 14.1. The second-order valence-corrected chi connectivity index (χ2v) is 13.1. The predicted molar refractivity (Wildman–Crippen MR) is 215 cm³/mol. The van der Waals surface area contributed by atoms with Crippen molar-refractivity contribution in [2.75, 3.05) is 37.2 Å². The Labute approximate surface area is 326 Å².